The zero-order valence-corrected chi connectivity index (χ0v) is 12.2. The Kier molecular flexibility index (Phi) is 5.46. The van der Waals surface area contributed by atoms with Crippen LogP contribution in [-0.2, 0) is 4.74 Å². The van der Waals surface area contributed by atoms with E-state index < -0.39 is 0 Å². The van der Waals surface area contributed by atoms with Gasteiger partial charge in [0.15, 0.2) is 0 Å². The summed E-state index contributed by atoms with van der Waals surface area (Å²) in [5, 5.41) is 3.80. The smallest absolute Gasteiger partial charge is 0.0469 e. The van der Waals surface area contributed by atoms with Gasteiger partial charge in [-0.05, 0) is 51.1 Å². The lowest BCUT2D eigenvalue weighted by Gasteiger charge is -2.37. The van der Waals surface area contributed by atoms with Crippen LogP contribution in [0.5, 0.6) is 0 Å². The van der Waals surface area contributed by atoms with Crippen LogP contribution in [0.3, 0.4) is 0 Å². The monoisotopic (exact) mass is 254 g/mol. The van der Waals surface area contributed by atoms with E-state index in [0.717, 1.165) is 19.1 Å². The molecule has 0 radical (unpaired) electrons. The van der Waals surface area contributed by atoms with Crippen LogP contribution in [0.1, 0.15) is 46.0 Å². The Morgan fingerprint density at radius 2 is 1.94 bits per heavy atom. The minimum absolute atomic E-state index is 0.363. The van der Waals surface area contributed by atoms with Crippen molar-refractivity contribution < 1.29 is 4.74 Å². The molecule has 2 aliphatic rings. The number of nitrogens with zero attached hydrogens (tertiary/aromatic N) is 1. The fourth-order valence-corrected chi connectivity index (χ4v) is 3.39. The molecule has 3 heteroatoms. The Morgan fingerprint density at radius 1 is 1.22 bits per heavy atom. The standard InChI is InChI=1S/C15H30N2O/c1-3-15(4-2)13-17(9-5-8-16-15)12-14-6-10-18-11-7-14/h14,16H,3-13H2,1-2H3. The van der Waals surface area contributed by atoms with Gasteiger partial charge in [-0.1, -0.05) is 13.8 Å². The predicted molar refractivity (Wildman–Crippen MR) is 75.9 cm³/mol. The summed E-state index contributed by atoms with van der Waals surface area (Å²) in [6.07, 6.45) is 6.30. The molecule has 0 saturated carbocycles. The molecular formula is C15H30N2O. The van der Waals surface area contributed by atoms with Crippen LogP contribution in [0.15, 0.2) is 0 Å². The number of hydrogen-bond acceptors (Lipinski definition) is 3. The molecule has 0 aromatic heterocycles. The Balaban J connectivity index is 1.89. The van der Waals surface area contributed by atoms with Gasteiger partial charge >= 0.3 is 0 Å². The third-order valence-corrected chi connectivity index (χ3v) is 4.89. The van der Waals surface area contributed by atoms with Crippen molar-refractivity contribution in [2.75, 3.05) is 39.4 Å². The number of nitrogens with one attached hydrogen (secondary N) is 1. The zero-order valence-electron chi connectivity index (χ0n) is 12.2. The third kappa shape index (κ3) is 3.69. The molecular weight excluding hydrogens is 224 g/mol. The molecule has 0 bridgehead atoms. The van der Waals surface area contributed by atoms with Gasteiger partial charge < -0.3 is 15.0 Å². The Labute approximate surface area is 112 Å². The molecule has 0 spiro atoms. The van der Waals surface area contributed by atoms with Gasteiger partial charge in [-0.15, -0.1) is 0 Å². The quantitative estimate of drug-likeness (QED) is 0.833. The molecule has 2 rings (SSSR count). The van der Waals surface area contributed by atoms with Crippen molar-refractivity contribution in [3.63, 3.8) is 0 Å². The fraction of sp³-hybridized carbons (Fsp3) is 1.00. The van der Waals surface area contributed by atoms with Crippen LogP contribution in [0, 0.1) is 5.92 Å². The molecule has 0 amide bonds. The van der Waals surface area contributed by atoms with E-state index in [0.29, 0.717) is 5.54 Å². The summed E-state index contributed by atoms with van der Waals surface area (Å²) in [6, 6.07) is 0. The summed E-state index contributed by atoms with van der Waals surface area (Å²) in [4.78, 5) is 2.71. The molecule has 0 unspecified atom stereocenters. The Morgan fingerprint density at radius 3 is 2.61 bits per heavy atom. The predicted octanol–water partition coefficient (Wildman–Crippen LogP) is 2.27. The maximum atomic E-state index is 5.47. The molecule has 0 aromatic rings. The molecule has 1 N–H and O–H groups in total. The van der Waals surface area contributed by atoms with E-state index >= 15 is 0 Å². The largest absolute Gasteiger partial charge is 0.381 e. The van der Waals surface area contributed by atoms with E-state index in [-0.39, 0.29) is 0 Å². The van der Waals surface area contributed by atoms with E-state index in [1.54, 1.807) is 0 Å². The normalized spacial score (nSPS) is 27.0. The van der Waals surface area contributed by atoms with Gasteiger partial charge in [0.05, 0.1) is 0 Å². The maximum absolute atomic E-state index is 5.47. The SMILES string of the molecule is CCC1(CC)CN(CC2CCOCC2)CCCN1. The van der Waals surface area contributed by atoms with E-state index in [4.69, 9.17) is 4.74 Å². The van der Waals surface area contributed by atoms with Crippen molar-refractivity contribution in [1.29, 1.82) is 0 Å². The van der Waals surface area contributed by atoms with Crippen LogP contribution in [-0.4, -0.2) is 49.8 Å². The minimum atomic E-state index is 0.363. The van der Waals surface area contributed by atoms with Crippen molar-refractivity contribution >= 4 is 0 Å². The maximum Gasteiger partial charge on any atom is 0.0469 e. The topological polar surface area (TPSA) is 24.5 Å². The summed E-state index contributed by atoms with van der Waals surface area (Å²) in [5.41, 5.74) is 0.363. The van der Waals surface area contributed by atoms with Gasteiger partial charge in [0.25, 0.3) is 0 Å². The van der Waals surface area contributed by atoms with E-state index in [1.165, 1.54) is 58.3 Å². The van der Waals surface area contributed by atoms with E-state index in [2.05, 4.69) is 24.1 Å². The van der Waals surface area contributed by atoms with Crippen LogP contribution < -0.4 is 5.32 Å². The molecule has 2 heterocycles. The average Bonchev–Trinajstić information content (AvgIpc) is 2.63. The minimum Gasteiger partial charge on any atom is -0.381 e. The van der Waals surface area contributed by atoms with Crippen LogP contribution in [0.2, 0.25) is 0 Å². The highest BCUT2D eigenvalue weighted by Crippen LogP contribution is 2.22. The second-order valence-electron chi connectivity index (χ2n) is 6.06. The summed E-state index contributed by atoms with van der Waals surface area (Å²) < 4.78 is 5.47. The van der Waals surface area contributed by atoms with Crippen molar-refractivity contribution in [2.24, 2.45) is 5.92 Å². The molecule has 18 heavy (non-hydrogen) atoms. The second-order valence-corrected chi connectivity index (χ2v) is 6.06. The summed E-state index contributed by atoms with van der Waals surface area (Å²) in [5.74, 6) is 0.864. The summed E-state index contributed by atoms with van der Waals surface area (Å²) >= 11 is 0. The average molecular weight is 254 g/mol. The number of ether oxygens (including phenoxy) is 1. The second kappa shape index (κ2) is 6.88. The van der Waals surface area contributed by atoms with Crippen molar-refractivity contribution in [3.05, 3.63) is 0 Å². The molecule has 0 aromatic carbocycles. The summed E-state index contributed by atoms with van der Waals surface area (Å²) in [6.45, 7) is 11.6. The fourth-order valence-electron chi connectivity index (χ4n) is 3.39. The highest BCUT2D eigenvalue weighted by molar-refractivity contribution is 4.91. The molecule has 2 saturated heterocycles. The van der Waals surface area contributed by atoms with Gasteiger partial charge in [0.2, 0.25) is 0 Å². The molecule has 2 fully saturated rings. The lowest BCUT2D eigenvalue weighted by atomic mass is 9.91. The first-order valence-electron chi connectivity index (χ1n) is 7.83. The van der Waals surface area contributed by atoms with Gasteiger partial charge in [-0.2, -0.15) is 0 Å². The third-order valence-electron chi connectivity index (χ3n) is 4.89. The van der Waals surface area contributed by atoms with E-state index in [9.17, 15) is 0 Å². The first-order chi connectivity index (χ1) is 8.78. The van der Waals surface area contributed by atoms with Gasteiger partial charge in [0, 0.05) is 31.8 Å². The zero-order chi connectivity index (χ0) is 12.8. The first kappa shape index (κ1) is 14.3. The lowest BCUT2D eigenvalue weighted by molar-refractivity contribution is 0.0493. The lowest BCUT2D eigenvalue weighted by Crippen LogP contribution is -2.51. The van der Waals surface area contributed by atoms with Gasteiger partial charge in [-0.25, -0.2) is 0 Å². The Bertz CT molecular complexity index is 235. The summed E-state index contributed by atoms with van der Waals surface area (Å²) in [7, 11) is 0. The van der Waals surface area contributed by atoms with Gasteiger partial charge in [-0.3, -0.25) is 0 Å². The van der Waals surface area contributed by atoms with Crippen molar-refractivity contribution in [2.45, 2.75) is 51.5 Å². The van der Waals surface area contributed by atoms with Crippen molar-refractivity contribution in [1.82, 2.24) is 10.2 Å². The van der Waals surface area contributed by atoms with Gasteiger partial charge in [0.1, 0.15) is 0 Å². The highest BCUT2D eigenvalue weighted by atomic mass is 16.5. The number of rotatable bonds is 4. The van der Waals surface area contributed by atoms with Crippen molar-refractivity contribution in [3.8, 4) is 0 Å². The van der Waals surface area contributed by atoms with Crippen LogP contribution in [0.25, 0.3) is 0 Å². The molecule has 0 atom stereocenters. The van der Waals surface area contributed by atoms with Crippen LogP contribution in [0.4, 0.5) is 0 Å². The number of hydrogen-bond donors (Lipinski definition) is 1. The highest BCUT2D eigenvalue weighted by Gasteiger charge is 2.31. The van der Waals surface area contributed by atoms with Crippen LogP contribution >= 0.6 is 0 Å². The Hall–Kier alpha value is -0.120. The molecule has 106 valence electrons. The molecule has 2 aliphatic heterocycles. The molecule has 0 aliphatic carbocycles. The van der Waals surface area contributed by atoms with E-state index in [1.807, 2.05) is 0 Å². The molecule has 3 nitrogen and oxygen atoms in total. The first-order valence-corrected chi connectivity index (χ1v) is 7.83.